The van der Waals surface area contributed by atoms with Crippen molar-refractivity contribution in [3.05, 3.63) is 45.0 Å². The zero-order chi connectivity index (χ0) is 23.5. The maximum Gasteiger partial charge on any atom is 0.246 e. The first kappa shape index (κ1) is 25.1. The molecule has 0 spiro atoms. The van der Waals surface area contributed by atoms with E-state index in [0.29, 0.717) is 53.0 Å². The number of rotatable bonds is 7. The summed E-state index contributed by atoms with van der Waals surface area (Å²) in [7, 11) is 0. The summed E-state index contributed by atoms with van der Waals surface area (Å²) in [6.07, 6.45) is 1.53. The summed E-state index contributed by atoms with van der Waals surface area (Å²) in [6.45, 7) is 3.22. The average molecular weight is 522 g/mol. The number of nitrogens with one attached hydrogen (secondary N) is 1. The number of nitrogens with zero attached hydrogens (tertiary/aromatic N) is 4. The number of halogens is 4. The van der Waals surface area contributed by atoms with Crippen LogP contribution in [0, 0.1) is 0 Å². The largest absolute Gasteiger partial charge is 0.394 e. The SMILES string of the molecule is C[C@@H](Nc1nc(N2CCN(C(=O)C(N)(CO)CCl)CC2)ncc1Cl)c1ccc(Cl)cc1Cl. The maximum atomic E-state index is 12.6. The third-order valence-electron chi connectivity index (χ3n) is 5.31. The van der Waals surface area contributed by atoms with Gasteiger partial charge in [-0.15, -0.1) is 11.6 Å². The van der Waals surface area contributed by atoms with Crippen molar-refractivity contribution in [2.75, 3.05) is 48.9 Å². The number of carbonyl (C=O) groups is 1. The van der Waals surface area contributed by atoms with Crippen LogP contribution in [-0.2, 0) is 4.79 Å². The van der Waals surface area contributed by atoms with E-state index in [0.717, 1.165) is 5.56 Å². The summed E-state index contributed by atoms with van der Waals surface area (Å²) in [4.78, 5) is 25.0. The second-order valence-corrected chi connectivity index (χ2v) is 9.14. The molecule has 4 N–H and O–H groups in total. The number of hydrogen-bond donors (Lipinski definition) is 3. The Morgan fingerprint density at radius 2 is 1.94 bits per heavy atom. The van der Waals surface area contributed by atoms with E-state index in [1.54, 1.807) is 17.0 Å². The van der Waals surface area contributed by atoms with Gasteiger partial charge < -0.3 is 26.0 Å². The number of hydrogen-bond acceptors (Lipinski definition) is 7. The van der Waals surface area contributed by atoms with Crippen molar-refractivity contribution in [1.82, 2.24) is 14.9 Å². The lowest BCUT2D eigenvalue weighted by atomic mass is 10.0. The van der Waals surface area contributed by atoms with Crippen molar-refractivity contribution in [3.63, 3.8) is 0 Å². The Morgan fingerprint density at radius 1 is 1.25 bits per heavy atom. The van der Waals surface area contributed by atoms with E-state index in [1.165, 1.54) is 6.20 Å². The monoisotopic (exact) mass is 520 g/mol. The van der Waals surface area contributed by atoms with Gasteiger partial charge in [-0.1, -0.05) is 40.9 Å². The Balaban J connectivity index is 1.69. The summed E-state index contributed by atoms with van der Waals surface area (Å²) in [5.41, 5.74) is 5.29. The fraction of sp³-hybridized carbons (Fsp3) is 0.450. The molecular weight excluding hydrogens is 498 g/mol. The first-order valence-electron chi connectivity index (χ1n) is 9.92. The molecule has 1 aliphatic rings. The molecule has 0 aliphatic carbocycles. The zero-order valence-corrected chi connectivity index (χ0v) is 20.4. The lowest BCUT2D eigenvalue weighted by Crippen LogP contribution is -2.62. The van der Waals surface area contributed by atoms with Crippen molar-refractivity contribution in [1.29, 1.82) is 0 Å². The zero-order valence-electron chi connectivity index (χ0n) is 17.4. The van der Waals surface area contributed by atoms with Gasteiger partial charge in [0.05, 0.1) is 24.7 Å². The molecule has 174 valence electrons. The van der Waals surface area contributed by atoms with Gasteiger partial charge in [0, 0.05) is 36.2 Å². The van der Waals surface area contributed by atoms with Gasteiger partial charge in [-0.25, -0.2) is 4.98 Å². The summed E-state index contributed by atoms with van der Waals surface area (Å²) < 4.78 is 0. The molecule has 1 amide bonds. The van der Waals surface area contributed by atoms with Crippen LogP contribution in [0.5, 0.6) is 0 Å². The maximum absolute atomic E-state index is 12.6. The first-order chi connectivity index (χ1) is 15.2. The molecule has 1 aliphatic heterocycles. The molecule has 2 aromatic rings. The third kappa shape index (κ3) is 5.50. The van der Waals surface area contributed by atoms with Gasteiger partial charge in [0.1, 0.15) is 10.6 Å². The molecule has 1 saturated heterocycles. The summed E-state index contributed by atoms with van der Waals surface area (Å²) in [6, 6.07) is 5.12. The number of anilines is 2. The number of nitrogens with two attached hydrogens (primary N) is 1. The van der Waals surface area contributed by atoms with Gasteiger partial charge in [0.15, 0.2) is 5.82 Å². The number of aromatic nitrogens is 2. The van der Waals surface area contributed by atoms with Crippen LogP contribution in [0.15, 0.2) is 24.4 Å². The van der Waals surface area contributed by atoms with E-state index in [-0.39, 0.29) is 17.8 Å². The van der Waals surface area contributed by atoms with Crippen LogP contribution in [0.1, 0.15) is 18.5 Å². The lowest BCUT2D eigenvalue weighted by molar-refractivity contribution is -0.137. The molecule has 0 saturated carbocycles. The van der Waals surface area contributed by atoms with Crippen LogP contribution in [-0.4, -0.2) is 70.1 Å². The summed E-state index contributed by atoms with van der Waals surface area (Å²) in [5, 5.41) is 14.2. The topological polar surface area (TPSA) is 108 Å². The molecule has 1 fully saturated rings. The van der Waals surface area contributed by atoms with Crippen LogP contribution in [0.3, 0.4) is 0 Å². The molecule has 3 rings (SSSR count). The Bertz CT molecular complexity index is 967. The molecule has 1 aromatic carbocycles. The molecule has 0 radical (unpaired) electrons. The third-order valence-corrected chi connectivity index (χ3v) is 6.63. The number of piperazine rings is 1. The van der Waals surface area contributed by atoms with E-state index >= 15 is 0 Å². The van der Waals surface area contributed by atoms with Crippen LogP contribution in [0.25, 0.3) is 0 Å². The minimum Gasteiger partial charge on any atom is -0.394 e. The van der Waals surface area contributed by atoms with Gasteiger partial charge in [-0.2, -0.15) is 4.98 Å². The molecule has 1 aromatic heterocycles. The summed E-state index contributed by atoms with van der Waals surface area (Å²) >= 11 is 24.4. The van der Waals surface area contributed by atoms with E-state index in [1.807, 2.05) is 17.9 Å². The molecule has 8 nitrogen and oxygen atoms in total. The van der Waals surface area contributed by atoms with Gasteiger partial charge in [0.25, 0.3) is 0 Å². The highest BCUT2D eigenvalue weighted by Gasteiger charge is 2.37. The quantitative estimate of drug-likeness (QED) is 0.480. The van der Waals surface area contributed by atoms with Gasteiger partial charge in [0.2, 0.25) is 11.9 Å². The normalized spacial score (nSPS) is 17.1. The minimum absolute atomic E-state index is 0.159. The Labute approximate surface area is 206 Å². The van der Waals surface area contributed by atoms with Gasteiger partial charge in [-0.05, 0) is 24.6 Å². The van der Waals surface area contributed by atoms with Crippen molar-refractivity contribution >= 4 is 64.1 Å². The Morgan fingerprint density at radius 3 is 2.53 bits per heavy atom. The number of benzene rings is 1. The van der Waals surface area contributed by atoms with Crippen LogP contribution in [0.2, 0.25) is 15.1 Å². The van der Waals surface area contributed by atoms with Gasteiger partial charge in [-0.3, -0.25) is 4.79 Å². The average Bonchev–Trinajstić information content (AvgIpc) is 2.79. The van der Waals surface area contributed by atoms with Crippen LogP contribution in [0.4, 0.5) is 11.8 Å². The number of carbonyl (C=O) groups excluding carboxylic acids is 1. The number of aliphatic hydroxyl groups excluding tert-OH is 1. The number of aliphatic hydroxyl groups is 1. The van der Waals surface area contributed by atoms with E-state index < -0.39 is 12.1 Å². The smallest absolute Gasteiger partial charge is 0.246 e. The van der Waals surface area contributed by atoms with E-state index in [4.69, 9.17) is 52.1 Å². The molecule has 2 heterocycles. The number of amides is 1. The van der Waals surface area contributed by atoms with E-state index in [9.17, 15) is 9.90 Å². The highest BCUT2D eigenvalue weighted by atomic mass is 35.5. The predicted molar refractivity (Wildman–Crippen MR) is 129 cm³/mol. The van der Waals surface area contributed by atoms with Crippen molar-refractivity contribution in [3.8, 4) is 0 Å². The fourth-order valence-electron chi connectivity index (χ4n) is 3.34. The van der Waals surface area contributed by atoms with Crippen molar-refractivity contribution in [2.45, 2.75) is 18.5 Å². The Kier molecular flexibility index (Phi) is 8.30. The van der Waals surface area contributed by atoms with Crippen molar-refractivity contribution < 1.29 is 9.90 Å². The fourth-order valence-corrected chi connectivity index (χ4v) is 4.25. The molecule has 12 heteroatoms. The minimum atomic E-state index is -1.48. The second-order valence-electron chi connectivity index (χ2n) is 7.63. The van der Waals surface area contributed by atoms with Crippen LogP contribution >= 0.6 is 46.4 Å². The highest BCUT2D eigenvalue weighted by Crippen LogP contribution is 2.30. The van der Waals surface area contributed by atoms with Crippen molar-refractivity contribution in [2.24, 2.45) is 5.73 Å². The Hall–Kier alpha value is -1.55. The molecule has 32 heavy (non-hydrogen) atoms. The van der Waals surface area contributed by atoms with Crippen LogP contribution < -0.4 is 16.0 Å². The van der Waals surface area contributed by atoms with E-state index in [2.05, 4.69) is 15.3 Å². The van der Waals surface area contributed by atoms with Gasteiger partial charge >= 0.3 is 0 Å². The summed E-state index contributed by atoms with van der Waals surface area (Å²) in [5.74, 6) is 0.421. The molecular formula is C20H24Cl4N6O2. The predicted octanol–water partition coefficient (Wildman–Crippen LogP) is 3.19. The molecule has 1 unspecified atom stereocenters. The number of alkyl halides is 1. The highest BCUT2D eigenvalue weighted by molar-refractivity contribution is 6.35. The lowest BCUT2D eigenvalue weighted by Gasteiger charge is -2.38. The molecule has 0 bridgehead atoms. The standard InChI is InChI=1S/C20H24Cl4N6O2/c1-12(14-3-2-13(22)8-15(14)23)27-17-16(24)9-26-19(28-17)30-6-4-29(5-7-30)18(32)20(25,10-21)11-31/h2-3,8-9,12,31H,4-7,10-11,25H2,1H3,(H,26,27,28)/t12-,20?/m1/s1. The second kappa shape index (κ2) is 10.6. The molecule has 2 atom stereocenters. The first-order valence-corrected chi connectivity index (χ1v) is 11.6.